The first-order valence-corrected chi connectivity index (χ1v) is 11.8. The molecule has 0 spiro atoms. The zero-order valence-electron chi connectivity index (χ0n) is 19.5. The number of hydrogen-bond acceptors (Lipinski definition) is 9. The van der Waals surface area contributed by atoms with Crippen molar-refractivity contribution < 1.29 is 32.2 Å². The van der Waals surface area contributed by atoms with E-state index in [9.17, 15) is 18.0 Å². The van der Waals surface area contributed by atoms with E-state index in [-0.39, 0.29) is 37.7 Å². The normalized spacial score (nSPS) is 20.7. The summed E-state index contributed by atoms with van der Waals surface area (Å²) >= 11 is 0. The number of aromatic nitrogens is 5. The van der Waals surface area contributed by atoms with Gasteiger partial charge < -0.3 is 19.5 Å². The van der Waals surface area contributed by atoms with Crippen LogP contribution in [0.1, 0.15) is 60.3 Å². The molecule has 1 saturated carbocycles. The highest BCUT2D eigenvalue weighted by molar-refractivity contribution is 5.89. The minimum Gasteiger partial charge on any atom is -0.469 e. The highest BCUT2D eigenvalue weighted by Gasteiger charge is 2.38. The van der Waals surface area contributed by atoms with E-state index in [0.29, 0.717) is 23.5 Å². The molecule has 2 aliphatic rings. The average molecular weight is 506 g/mol. The maximum absolute atomic E-state index is 13.4. The lowest BCUT2D eigenvalue weighted by Crippen LogP contribution is -2.39. The molecule has 192 valence electrons. The van der Waals surface area contributed by atoms with Crippen LogP contribution in [-0.4, -0.2) is 62.5 Å². The molecule has 2 fully saturated rings. The number of anilines is 1. The van der Waals surface area contributed by atoms with Gasteiger partial charge in [-0.05, 0) is 38.3 Å². The van der Waals surface area contributed by atoms with Gasteiger partial charge in [0, 0.05) is 24.4 Å². The summed E-state index contributed by atoms with van der Waals surface area (Å²) in [4.78, 5) is 20.1. The lowest BCUT2D eigenvalue weighted by Gasteiger charge is -2.30. The number of fused-ring (bicyclic) bond motifs is 1. The molecule has 1 saturated heterocycles. The Bertz CT molecular complexity index is 1250. The third-order valence-electron chi connectivity index (χ3n) is 6.26. The maximum Gasteiger partial charge on any atom is 0.423 e. The van der Waals surface area contributed by atoms with Crippen LogP contribution in [0, 0.1) is 0 Å². The number of pyridine rings is 1. The van der Waals surface area contributed by atoms with Crippen molar-refractivity contribution in [3.8, 4) is 5.88 Å². The quantitative estimate of drug-likeness (QED) is 0.480. The number of esters is 1. The summed E-state index contributed by atoms with van der Waals surface area (Å²) in [7, 11) is 0. The Morgan fingerprint density at radius 3 is 2.81 bits per heavy atom. The summed E-state index contributed by atoms with van der Waals surface area (Å²) in [5.41, 5.74) is -0.00629. The van der Waals surface area contributed by atoms with Crippen LogP contribution in [0.25, 0.3) is 5.65 Å². The third kappa shape index (κ3) is 5.06. The highest BCUT2D eigenvalue weighted by atomic mass is 19.4. The first-order valence-electron chi connectivity index (χ1n) is 11.8. The van der Waals surface area contributed by atoms with Gasteiger partial charge in [-0.25, -0.2) is 9.78 Å². The average Bonchev–Trinajstić information content (AvgIpc) is 3.24. The summed E-state index contributed by atoms with van der Waals surface area (Å²) in [5, 5.41) is 11.7. The zero-order chi connectivity index (χ0) is 25.3. The van der Waals surface area contributed by atoms with E-state index in [0.717, 1.165) is 25.5 Å². The fourth-order valence-electron chi connectivity index (χ4n) is 4.42. The van der Waals surface area contributed by atoms with Gasteiger partial charge in [-0.2, -0.15) is 18.2 Å². The van der Waals surface area contributed by atoms with Gasteiger partial charge >= 0.3 is 12.1 Å². The Kier molecular flexibility index (Phi) is 6.65. The molecule has 1 N–H and O–H groups in total. The number of hydrogen-bond donors (Lipinski definition) is 1. The molecule has 3 aromatic heterocycles. The Morgan fingerprint density at radius 2 is 2.08 bits per heavy atom. The molecule has 36 heavy (non-hydrogen) atoms. The van der Waals surface area contributed by atoms with E-state index in [2.05, 4.69) is 25.5 Å². The van der Waals surface area contributed by atoms with Crippen LogP contribution in [0.15, 0.2) is 24.5 Å². The van der Waals surface area contributed by atoms with Crippen molar-refractivity contribution in [3.63, 3.8) is 0 Å². The number of alkyl halides is 3. The van der Waals surface area contributed by atoms with E-state index in [1.54, 1.807) is 29.7 Å². The topological polar surface area (TPSA) is 113 Å². The van der Waals surface area contributed by atoms with Gasteiger partial charge in [0.05, 0.1) is 25.4 Å². The molecule has 0 unspecified atom stereocenters. The molecule has 3 aromatic rings. The summed E-state index contributed by atoms with van der Waals surface area (Å²) < 4.78 is 57.5. The number of nitrogens with zero attached hydrogens (tertiary/aromatic N) is 5. The van der Waals surface area contributed by atoms with Gasteiger partial charge in [-0.15, -0.1) is 10.2 Å². The zero-order valence-corrected chi connectivity index (χ0v) is 19.5. The van der Waals surface area contributed by atoms with Crippen molar-refractivity contribution in [3.05, 3.63) is 41.5 Å². The predicted octanol–water partition coefficient (Wildman–Crippen LogP) is 3.63. The van der Waals surface area contributed by atoms with Crippen LogP contribution in [0.4, 0.5) is 19.1 Å². The number of nitrogens with one attached hydrogen (secondary N) is 1. The van der Waals surface area contributed by atoms with E-state index in [1.165, 1.54) is 0 Å². The van der Waals surface area contributed by atoms with Crippen LogP contribution < -0.4 is 10.1 Å². The van der Waals surface area contributed by atoms with Gasteiger partial charge in [0.25, 0.3) is 0 Å². The Labute approximate surface area is 204 Å². The third-order valence-corrected chi connectivity index (χ3v) is 6.26. The number of halogens is 3. The molecule has 5 rings (SSSR count). The van der Waals surface area contributed by atoms with Crippen LogP contribution in [0.2, 0.25) is 0 Å². The molecule has 0 bridgehead atoms. The second-order valence-corrected chi connectivity index (χ2v) is 8.82. The van der Waals surface area contributed by atoms with Crippen LogP contribution in [0.3, 0.4) is 0 Å². The summed E-state index contributed by atoms with van der Waals surface area (Å²) in [6.07, 6.45) is 0.462. The molecule has 1 aliphatic carbocycles. The van der Waals surface area contributed by atoms with Gasteiger partial charge in [-0.1, -0.05) is 6.42 Å². The first-order chi connectivity index (χ1) is 17.3. The number of carbonyl (C=O) groups is 1. The van der Waals surface area contributed by atoms with E-state index >= 15 is 0 Å². The van der Waals surface area contributed by atoms with Gasteiger partial charge in [-0.3, -0.25) is 4.40 Å². The molecule has 10 nitrogen and oxygen atoms in total. The van der Waals surface area contributed by atoms with Crippen molar-refractivity contribution in [1.82, 2.24) is 24.6 Å². The minimum atomic E-state index is -4.63. The predicted molar refractivity (Wildman–Crippen MR) is 120 cm³/mol. The molecule has 0 radical (unpaired) electrons. The Hall–Kier alpha value is -3.48. The van der Waals surface area contributed by atoms with Gasteiger partial charge in [0.15, 0.2) is 5.65 Å². The molecule has 0 amide bonds. The van der Waals surface area contributed by atoms with Crippen LogP contribution in [0.5, 0.6) is 5.88 Å². The fourth-order valence-corrected chi connectivity index (χ4v) is 4.42. The van der Waals surface area contributed by atoms with Crippen molar-refractivity contribution in [2.75, 3.05) is 25.1 Å². The van der Waals surface area contributed by atoms with Gasteiger partial charge in [0.1, 0.15) is 17.5 Å². The van der Waals surface area contributed by atoms with E-state index in [4.69, 9.17) is 14.2 Å². The lowest BCUT2D eigenvalue weighted by molar-refractivity contribution is -0.142. The Morgan fingerprint density at radius 1 is 1.25 bits per heavy atom. The monoisotopic (exact) mass is 506 g/mol. The van der Waals surface area contributed by atoms with Crippen molar-refractivity contribution >= 4 is 17.6 Å². The Balaban J connectivity index is 1.33. The second-order valence-electron chi connectivity index (χ2n) is 8.82. The summed E-state index contributed by atoms with van der Waals surface area (Å²) in [6.45, 7) is 2.46. The van der Waals surface area contributed by atoms with Crippen molar-refractivity contribution in [1.29, 1.82) is 0 Å². The molecule has 0 aromatic carbocycles. The molecule has 1 aliphatic heterocycles. The number of rotatable bonds is 7. The largest absolute Gasteiger partial charge is 0.469 e. The fraction of sp³-hybridized carbons (Fsp3) is 0.522. The maximum atomic E-state index is 13.4. The van der Waals surface area contributed by atoms with Crippen LogP contribution >= 0.6 is 0 Å². The molecule has 13 heteroatoms. The van der Waals surface area contributed by atoms with Crippen molar-refractivity contribution in [2.45, 2.75) is 56.8 Å². The molecule has 4 heterocycles. The molecular formula is C23H25F3N6O4. The summed E-state index contributed by atoms with van der Waals surface area (Å²) in [6, 6.07) is 3.27. The molecule has 2 atom stereocenters. The summed E-state index contributed by atoms with van der Waals surface area (Å²) in [5.74, 6) is -0.130. The standard InChI is InChI=1S/C23H25F3N6O4/c1-2-35-21(33)14-6-7-18-30-31-19(32(18)10-14)13-4-3-5-15(8-13)28-22-27-9-17(23(24,25)26)20(29-22)36-16-11-34-12-16/h6-7,9-10,13,15-16H,2-5,8,11-12H2,1H3,(H,27,28,29)/t13-,15+/m0/s1. The van der Waals surface area contributed by atoms with E-state index in [1.807, 2.05) is 0 Å². The minimum absolute atomic E-state index is 0.0148. The number of carbonyl (C=O) groups excluding carboxylic acids is 1. The van der Waals surface area contributed by atoms with Gasteiger partial charge in [0.2, 0.25) is 11.8 Å². The molecular weight excluding hydrogens is 481 g/mol. The van der Waals surface area contributed by atoms with Crippen LogP contribution in [-0.2, 0) is 15.7 Å². The second kappa shape index (κ2) is 9.88. The van der Waals surface area contributed by atoms with E-state index < -0.39 is 29.7 Å². The highest BCUT2D eigenvalue weighted by Crippen LogP contribution is 2.37. The smallest absolute Gasteiger partial charge is 0.423 e. The van der Waals surface area contributed by atoms with Crippen molar-refractivity contribution in [2.24, 2.45) is 0 Å². The number of ether oxygens (including phenoxy) is 3. The lowest BCUT2D eigenvalue weighted by atomic mass is 9.85. The first kappa shape index (κ1) is 24.2. The SMILES string of the molecule is CCOC(=O)c1ccc2nnc([C@H]3CCC[C@@H](Nc4ncc(C(F)(F)F)c(OC5COC5)n4)C3)n2c1.